The largest absolute Gasteiger partial charge is 0.507 e. The maximum atomic E-state index is 12.9. The van der Waals surface area contributed by atoms with Gasteiger partial charge >= 0.3 is 0 Å². The molecule has 0 radical (unpaired) electrons. The lowest BCUT2D eigenvalue weighted by molar-refractivity contribution is 0.0974. The summed E-state index contributed by atoms with van der Waals surface area (Å²) in [5.74, 6) is -1.91. The molecule has 29 heavy (non-hydrogen) atoms. The van der Waals surface area contributed by atoms with Crippen LogP contribution >= 0.6 is 0 Å². The summed E-state index contributed by atoms with van der Waals surface area (Å²) in [4.78, 5) is 25.7. The third-order valence-electron chi connectivity index (χ3n) is 5.35. The second-order valence-corrected chi connectivity index (χ2v) is 7.31. The minimum atomic E-state index is -0.540. The van der Waals surface area contributed by atoms with Crippen molar-refractivity contribution in [2.24, 2.45) is 5.16 Å². The van der Waals surface area contributed by atoms with Gasteiger partial charge in [-0.2, -0.15) is 0 Å². The summed E-state index contributed by atoms with van der Waals surface area (Å²) < 4.78 is 0. The summed E-state index contributed by atoms with van der Waals surface area (Å²) >= 11 is 0. The van der Waals surface area contributed by atoms with E-state index in [0.717, 1.165) is 32.1 Å². The minimum Gasteiger partial charge on any atom is -0.507 e. The number of phenols is 2. The van der Waals surface area contributed by atoms with Gasteiger partial charge in [-0.05, 0) is 18.9 Å². The Morgan fingerprint density at radius 3 is 2.10 bits per heavy atom. The number of carbonyl (C=O) groups is 2. The molecule has 0 aliphatic heterocycles. The number of unbranched alkanes of at least 4 members (excludes halogenated alkanes) is 5. The molecule has 2 aromatic rings. The second kappa shape index (κ2) is 8.90. The van der Waals surface area contributed by atoms with Crippen LogP contribution < -0.4 is 0 Å². The minimum absolute atomic E-state index is 0.0674. The van der Waals surface area contributed by atoms with Gasteiger partial charge in [-0.25, -0.2) is 0 Å². The third-order valence-corrected chi connectivity index (χ3v) is 5.35. The highest BCUT2D eigenvalue weighted by Crippen LogP contribution is 2.40. The van der Waals surface area contributed by atoms with Crippen molar-refractivity contribution in [2.45, 2.75) is 51.9 Å². The van der Waals surface area contributed by atoms with Gasteiger partial charge in [-0.3, -0.25) is 9.59 Å². The maximum absolute atomic E-state index is 12.9. The van der Waals surface area contributed by atoms with Crippen molar-refractivity contribution in [2.75, 3.05) is 0 Å². The molecule has 0 saturated carbocycles. The van der Waals surface area contributed by atoms with Crippen molar-refractivity contribution in [3.63, 3.8) is 0 Å². The highest BCUT2D eigenvalue weighted by Gasteiger charge is 2.36. The van der Waals surface area contributed by atoms with E-state index < -0.39 is 23.1 Å². The van der Waals surface area contributed by atoms with Crippen LogP contribution in [0.2, 0.25) is 0 Å². The van der Waals surface area contributed by atoms with Gasteiger partial charge < -0.3 is 15.4 Å². The summed E-state index contributed by atoms with van der Waals surface area (Å²) in [6.45, 7) is 2.15. The Kier molecular flexibility index (Phi) is 6.32. The van der Waals surface area contributed by atoms with Crippen LogP contribution in [0.25, 0.3) is 0 Å². The van der Waals surface area contributed by atoms with E-state index in [1.165, 1.54) is 24.6 Å². The quantitative estimate of drug-likeness (QED) is 0.167. The van der Waals surface area contributed by atoms with Gasteiger partial charge in [-0.15, -0.1) is 0 Å². The third kappa shape index (κ3) is 3.88. The molecule has 0 heterocycles. The lowest BCUT2D eigenvalue weighted by Crippen LogP contribution is -2.22. The van der Waals surface area contributed by atoms with Crippen LogP contribution in [0.5, 0.6) is 11.5 Å². The molecule has 6 heteroatoms. The number of rotatable bonds is 8. The molecule has 0 spiro atoms. The molecule has 3 rings (SSSR count). The van der Waals surface area contributed by atoms with E-state index in [1.54, 1.807) is 12.1 Å². The van der Waals surface area contributed by atoms with Gasteiger partial charge in [0.2, 0.25) is 0 Å². The normalized spacial score (nSPS) is 13.3. The molecule has 1 aliphatic carbocycles. The van der Waals surface area contributed by atoms with Crippen LogP contribution in [0.3, 0.4) is 0 Å². The van der Waals surface area contributed by atoms with Crippen LogP contribution in [-0.4, -0.2) is 32.7 Å². The van der Waals surface area contributed by atoms with Gasteiger partial charge in [0.1, 0.15) is 11.5 Å². The highest BCUT2D eigenvalue weighted by molar-refractivity contribution is 6.31. The molecule has 0 unspecified atom stereocenters. The Hall–Kier alpha value is -3.15. The molecule has 152 valence electrons. The van der Waals surface area contributed by atoms with Crippen LogP contribution in [0, 0.1) is 0 Å². The van der Waals surface area contributed by atoms with E-state index in [1.807, 2.05) is 0 Å². The fourth-order valence-corrected chi connectivity index (χ4v) is 3.79. The zero-order chi connectivity index (χ0) is 21.0. The highest BCUT2D eigenvalue weighted by atomic mass is 16.4. The van der Waals surface area contributed by atoms with E-state index >= 15 is 0 Å². The lowest BCUT2D eigenvalue weighted by atomic mass is 9.81. The van der Waals surface area contributed by atoms with Gasteiger partial charge in [0, 0.05) is 16.7 Å². The van der Waals surface area contributed by atoms with Crippen molar-refractivity contribution < 1.29 is 25.0 Å². The molecule has 0 saturated heterocycles. The summed E-state index contributed by atoms with van der Waals surface area (Å²) in [7, 11) is 0. The Morgan fingerprint density at radius 2 is 1.48 bits per heavy atom. The Bertz CT molecular complexity index is 977. The first-order chi connectivity index (χ1) is 14.0. The number of phenolic OH excluding ortho intramolecular Hbond substituents is 2. The van der Waals surface area contributed by atoms with E-state index in [0.29, 0.717) is 6.42 Å². The first-order valence-electron chi connectivity index (χ1n) is 9.99. The van der Waals surface area contributed by atoms with E-state index in [4.69, 9.17) is 0 Å². The number of ketones is 2. The lowest BCUT2D eigenvalue weighted by Gasteiger charge is -2.21. The Morgan fingerprint density at radius 1 is 0.897 bits per heavy atom. The van der Waals surface area contributed by atoms with Crippen LogP contribution in [0.4, 0.5) is 0 Å². The summed E-state index contributed by atoms with van der Waals surface area (Å²) in [6.07, 6.45) is 6.62. The number of nitrogens with zero attached hydrogens (tertiary/aromatic N) is 1. The first kappa shape index (κ1) is 20.6. The summed E-state index contributed by atoms with van der Waals surface area (Å²) in [5.41, 5.74) is 0.151. The molecular formula is C23H25NO5. The molecule has 0 aromatic heterocycles. The number of carbonyl (C=O) groups excluding carboxylic acids is 2. The fraction of sp³-hybridized carbons (Fsp3) is 0.348. The van der Waals surface area contributed by atoms with Crippen LogP contribution in [0.1, 0.15) is 89.3 Å². The van der Waals surface area contributed by atoms with E-state index in [9.17, 15) is 25.0 Å². The van der Waals surface area contributed by atoms with Crippen molar-refractivity contribution in [1.29, 1.82) is 0 Å². The molecule has 0 atom stereocenters. The second-order valence-electron chi connectivity index (χ2n) is 7.31. The zero-order valence-electron chi connectivity index (χ0n) is 16.4. The number of aromatic hydroxyl groups is 2. The number of hydrogen-bond acceptors (Lipinski definition) is 6. The van der Waals surface area contributed by atoms with Crippen molar-refractivity contribution in [3.8, 4) is 11.5 Å². The molecule has 2 aromatic carbocycles. The van der Waals surface area contributed by atoms with Gasteiger partial charge in [0.25, 0.3) is 0 Å². The number of fused-ring (bicyclic) bond motifs is 2. The van der Waals surface area contributed by atoms with Crippen LogP contribution in [-0.2, 0) is 0 Å². The monoisotopic (exact) mass is 395 g/mol. The van der Waals surface area contributed by atoms with Crippen molar-refractivity contribution in [3.05, 3.63) is 58.1 Å². The van der Waals surface area contributed by atoms with Gasteiger partial charge in [0.15, 0.2) is 11.6 Å². The predicted octanol–water partition coefficient (Wildman–Crippen LogP) is 4.80. The standard InChI is InChI=1S/C23H25NO5/c1-2-3-4-5-6-7-12-17(24-29)16-13-18(25)19-20(23(16)28)22(27)15-11-9-8-10-14(15)21(19)26/h8-11,13,25,28-29H,2-7,12H2,1H3/b24-17+. The van der Waals surface area contributed by atoms with E-state index in [2.05, 4.69) is 12.1 Å². The number of oxime groups is 1. The van der Waals surface area contributed by atoms with Gasteiger partial charge in [-0.1, -0.05) is 68.4 Å². The Balaban J connectivity index is 1.92. The topological polar surface area (TPSA) is 107 Å². The van der Waals surface area contributed by atoms with Gasteiger partial charge in [0.05, 0.1) is 16.8 Å². The Labute approximate surface area is 169 Å². The van der Waals surface area contributed by atoms with Crippen LogP contribution in [0.15, 0.2) is 35.5 Å². The molecule has 1 aliphatic rings. The summed E-state index contributed by atoms with van der Waals surface area (Å²) in [6, 6.07) is 7.49. The first-order valence-corrected chi connectivity index (χ1v) is 9.99. The SMILES string of the molecule is CCCCCCCC/C(=N\O)c1cc(O)c2c(c1O)C(=O)c1ccccc1C2=O. The van der Waals surface area contributed by atoms with E-state index in [-0.39, 0.29) is 33.5 Å². The molecule has 3 N–H and O–H groups in total. The molecule has 0 fully saturated rings. The molecular weight excluding hydrogens is 370 g/mol. The smallest absolute Gasteiger partial charge is 0.198 e. The summed E-state index contributed by atoms with van der Waals surface area (Å²) in [5, 5.41) is 34.0. The number of hydrogen-bond donors (Lipinski definition) is 3. The maximum Gasteiger partial charge on any atom is 0.198 e. The predicted molar refractivity (Wildman–Crippen MR) is 109 cm³/mol. The molecule has 0 bridgehead atoms. The average Bonchev–Trinajstić information content (AvgIpc) is 2.73. The van der Waals surface area contributed by atoms with Crippen molar-refractivity contribution >= 4 is 17.3 Å². The molecule has 0 amide bonds. The average molecular weight is 395 g/mol. The molecule has 6 nitrogen and oxygen atoms in total. The number of benzene rings is 2. The van der Waals surface area contributed by atoms with Crippen molar-refractivity contribution in [1.82, 2.24) is 0 Å². The fourth-order valence-electron chi connectivity index (χ4n) is 3.79. The zero-order valence-corrected chi connectivity index (χ0v) is 16.4.